The third-order valence-electron chi connectivity index (χ3n) is 7.14. The van der Waals surface area contributed by atoms with Crippen molar-refractivity contribution in [3.8, 4) is 0 Å². The van der Waals surface area contributed by atoms with Gasteiger partial charge in [-0.3, -0.25) is 9.59 Å². The quantitative estimate of drug-likeness (QED) is 0.241. The molecular weight excluding hydrogens is 583 g/mol. The molecule has 0 bridgehead atoms. The van der Waals surface area contributed by atoms with E-state index >= 15 is 4.39 Å². The summed E-state index contributed by atoms with van der Waals surface area (Å²) in [5.74, 6) is -10.1. The van der Waals surface area contributed by atoms with Crippen LogP contribution in [0.25, 0.3) is 11.0 Å². The number of aromatic amines is 1. The number of carbonyl (C=O) groups excluding carboxylic acids is 2. The minimum atomic E-state index is -4.84. The fourth-order valence-corrected chi connectivity index (χ4v) is 5.03. The number of nitrogens with zero attached hydrogens (tertiary/aromatic N) is 1. The normalized spacial score (nSPS) is 17.3. The number of nitrogens with one attached hydrogen (secondary N) is 3. The Balaban J connectivity index is 1.70. The molecule has 0 saturated heterocycles. The Hall–Kier alpha value is -3.78. The zero-order chi connectivity index (χ0) is 30.8. The molecule has 1 heterocycles. The van der Waals surface area contributed by atoms with Crippen molar-refractivity contribution in [3.63, 3.8) is 0 Å². The second-order valence-electron chi connectivity index (χ2n) is 10.1. The number of fused-ring (bicyclic) bond motifs is 1. The third-order valence-corrected chi connectivity index (χ3v) is 7.14. The number of carbonyl (C=O) groups is 2. The van der Waals surface area contributed by atoms with E-state index in [9.17, 15) is 44.7 Å². The van der Waals surface area contributed by atoms with E-state index < -0.39 is 96.7 Å². The van der Waals surface area contributed by atoms with Gasteiger partial charge in [-0.15, -0.1) is 0 Å². The smallest absolute Gasteiger partial charge is 0.346 e. The van der Waals surface area contributed by atoms with Gasteiger partial charge < -0.3 is 15.6 Å². The monoisotopic (exact) mass is 608 g/mol. The molecule has 228 valence electrons. The molecular formula is C27H25F9N4O2. The van der Waals surface area contributed by atoms with Crippen LogP contribution in [0.2, 0.25) is 0 Å². The molecule has 0 spiro atoms. The average Bonchev–Trinajstić information content (AvgIpc) is 3.34. The van der Waals surface area contributed by atoms with Crippen LogP contribution in [0.3, 0.4) is 0 Å². The van der Waals surface area contributed by atoms with Crippen LogP contribution in [0.4, 0.5) is 39.5 Å². The van der Waals surface area contributed by atoms with Crippen LogP contribution in [0.15, 0.2) is 36.4 Å². The van der Waals surface area contributed by atoms with Crippen LogP contribution in [0.5, 0.6) is 0 Å². The van der Waals surface area contributed by atoms with Gasteiger partial charge in [-0.1, -0.05) is 18.2 Å². The maximum Gasteiger partial charge on any atom is 0.405 e. The topological polar surface area (TPSA) is 86.9 Å². The first-order valence-electron chi connectivity index (χ1n) is 12.9. The summed E-state index contributed by atoms with van der Waals surface area (Å²) in [4.78, 5) is 32.2. The molecule has 1 aliphatic rings. The molecule has 2 amide bonds. The lowest BCUT2D eigenvalue weighted by Crippen LogP contribution is -2.38. The first kappa shape index (κ1) is 31.2. The summed E-state index contributed by atoms with van der Waals surface area (Å²) >= 11 is 0. The highest BCUT2D eigenvalue weighted by molar-refractivity contribution is 5.94. The highest BCUT2D eigenvalue weighted by atomic mass is 19.4. The number of aromatic nitrogens is 2. The average molecular weight is 609 g/mol. The minimum Gasteiger partial charge on any atom is -0.346 e. The van der Waals surface area contributed by atoms with Crippen LogP contribution in [-0.4, -0.2) is 46.9 Å². The molecule has 0 radical (unpaired) electrons. The summed E-state index contributed by atoms with van der Waals surface area (Å²) in [5.41, 5.74) is -1.47. The zero-order valence-corrected chi connectivity index (χ0v) is 21.7. The van der Waals surface area contributed by atoms with Gasteiger partial charge in [0.25, 0.3) is 5.91 Å². The second kappa shape index (κ2) is 12.2. The van der Waals surface area contributed by atoms with Gasteiger partial charge in [0.2, 0.25) is 18.3 Å². The second-order valence-corrected chi connectivity index (χ2v) is 10.1. The molecule has 2 atom stereocenters. The van der Waals surface area contributed by atoms with Crippen LogP contribution in [0, 0.1) is 17.6 Å². The minimum absolute atomic E-state index is 0.0240. The maximum atomic E-state index is 15.6. The molecule has 1 aliphatic carbocycles. The molecule has 2 aromatic carbocycles. The lowest BCUT2D eigenvalue weighted by atomic mass is 9.81. The number of halogens is 9. The maximum absolute atomic E-state index is 15.6. The SMILES string of the molecule is O=C(N[C@H](c1nc2c(F)c([C@H](CC(F)F)C(=O)NCC(F)(F)F)ccc2[nH]1)C1CCC(F)(F)CC1)c1ccccc1F. The molecule has 42 heavy (non-hydrogen) atoms. The highest BCUT2D eigenvalue weighted by Crippen LogP contribution is 2.41. The van der Waals surface area contributed by atoms with E-state index in [1.54, 1.807) is 0 Å². The van der Waals surface area contributed by atoms with E-state index in [0.29, 0.717) is 0 Å². The van der Waals surface area contributed by atoms with Crippen molar-refractivity contribution in [2.45, 2.75) is 62.6 Å². The Labute approximate surface area is 233 Å². The standard InChI is InChI=1S/C27H25F9N4O2/c28-17-4-2-1-3-15(17)25(42)40-21(13-7-9-26(32,33)10-8-13)23-38-18-6-5-14(20(31)22(18)39-23)16(11-19(29)30)24(41)37-12-27(34,35)36/h1-6,13,16,19,21H,7-12H2,(H,37,41)(H,38,39)(H,40,42)/t16-,21-/m0/s1. The number of alkyl halides is 7. The summed E-state index contributed by atoms with van der Waals surface area (Å²) in [6.07, 6.45) is -10.4. The summed E-state index contributed by atoms with van der Waals surface area (Å²) in [5, 5.41) is 4.06. The number of H-pyrrole nitrogens is 1. The van der Waals surface area contributed by atoms with Crippen molar-refractivity contribution in [2.24, 2.45) is 5.92 Å². The Morgan fingerprint density at radius 1 is 1.05 bits per heavy atom. The van der Waals surface area contributed by atoms with Crippen molar-refractivity contribution in [2.75, 3.05) is 6.54 Å². The third kappa shape index (κ3) is 7.34. The fraction of sp³-hybridized carbons (Fsp3) is 0.444. The Morgan fingerprint density at radius 3 is 2.33 bits per heavy atom. The molecule has 0 unspecified atom stereocenters. The number of benzene rings is 2. The van der Waals surface area contributed by atoms with Crippen LogP contribution < -0.4 is 10.6 Å². The molecule has 6 nitrogen and oxygen atoms in total. The van der Waals surface area contributed by atoms with E-state index in [2.05, 4.69) is 15.3 Å². The lowest BCUT2D eigenvalue weighted by molar-refractivity contribution is -0.139. The van der Waals surface area contributed by atoms with Gasteiger partial charge >= 0.3 is 6.18 Å². The molecule has 3 aromatic rings. The van der Waals surface area contributed by atoms with Gasteiger partial charge in [-0.05, 0) is 37.0 Å². The Morgan fingerprint density at radius 2 is 1.71 bits per heavy atom. The van der Waals surface area contributed by atoms with E-state index in [4.69, 9.17) is 0 Å². The number of hydrogen-bond acceptors (Lipinski definition) is 3. The molecule has 1 aromatic heterocycles. The van der Waals surface area contributed by atoms with Crippen molar-refractivity contribution in [3.05, 3.63) is 65.0 Å². The number of amides is 2. The van der Waals surface area contributed by atoms with Crippen LogP contribution in [-0.2, 0) is 4.79 Å². The van der Waals surface area contributed by atoms with Crippen molar-refractivity contribution in [1.82, 2.24) is 20.6 Å². The molecule has 15 heteroatoms. The van der Waals surface area contributed by atoms with E-state index in [0.717, 1.165) is 12.1 Å². The highest BCUT2D eigenvalue weighted by Gasteiger charge is 2.40. The molecule has 0 aliphatic heterocycles. The van der Waals surface area contributed by atoms with E-state index in [1.807, 2.05) is 0 Å². The molecule has 1 fully saturated rings. The molecule has 1 saturated carbocycles. The molecule has 3 N–H and O–H groups in total. The number of rotatable bonds is 9. The lowest BCUT2D eigenvalue weighted by Gasteiger charge is -2.33. The summed E-state index contributed by atoms with van der Waals surface area (Å²) in [6, 6.07) is 6.01. The van der Waals surface area contributed by atoms with Crippen molar-refractivity contribution < 1.29 is 49.1 Å². The number of imidazole rings is 1. The van der Waals surface area contributed by atoms with Crippen molar-refractivity contribution in [1.29, 1.82) is 0 Å². The van der Waals surface area contributed by atoms with Crippen LogP contribution in [0.1, 0.15) is 65.8 Å². The van der Waals surface area contributed by atoms with E-state index in [-0.39, 0.29) is 29.7 Å². The van der Waals surface area contributed by atoms with Gasteiger partial charge in [0.05, 0.1) is 23.0 Å². The van der Waals surface area contributed by atoms with Gasteiger partial charge in [0.1, 0.15) is 23.7 Å². The predicted octanol–water partition coefficient (Wildman–Crippen LogP) is 6.56. The van der Waals surface area contributed by atoms with Gasteiger partial charge in [-0.2, -0.15) is 13.2 Å². The predicted molar refractivity (Wildman–Crippen MR) is 132 cm³/mol. The van der Waals surface area contributed by atoms with Gasteiger partial charge in [-0.25, -0.2) is 31.3 Å². The van der Waals surface area contributed by atoms with E-state index in [1.165, 1.54) is 29.6 Å². The van der Waals surface area contributed by atoms with Gasteiger partial charge in [0, 0.05) is 24.8 Å². The van der Waals surface area contributed by atoms with Crippen molar-refractivity contribution >= 4 is 22.8 Å². The Bertz CT molecular complexity index is 1430. The zero-order valence-electron chi connectivity index (χ0n) is 21.7. The summed E-state index contributed by atoms with van der Waals surface area (Å²) < 4.78 is 122. The summed E-state index contributed by atoms with van der Waals surface area (Å²) in [6.45, 7) is -1.81. The Kier molecular flexibility index (Phi) is 9.06. The fourth-order valence-electron chi connectivity index (χ4n) is 5.03. The summed E-state index contributed by atoms with van der Waals surface area (Å²) in [7, 11) is 0. The first-order valence-corrected chi connectivity index (χ1v) is 12.9. The molecule has 4 rings (SSSR count). The largest absolute Gasteiger partial charge is 0.405 e. The van der Waals surface area contributed by atoms with Crippen LogP contribution >= 0.6 is 0 Å². The van der Waals surface area contributed by atoms with Gasteiger partial charge in [0.15, 0.2) is 5.82 Å². The first-order chi connectivity index (χ1) is 19.6. The number of hydrogen-bond donors (Lipinski definition) is 3.